The van der Waals surface area contributed by atoms with Crippen LogP contribution in [0.25, 0.3) is 6.08 Å². The van der Waals surface area contributed by atoms with E-state index < -0.39 is 72.8 Å². The Kier molecular flexibility index (Phi) is 7.32. The van der Waals surface area contributed by atoms with Crippen molar-refractivity contribution >= 4 is 12.0 Å². The molecule has 1 aromatic rings. The van der Waals surface area contributed by atoms with Crippen LogP contribution in [0.5, 0.6) is 0 Å². The molecule has 6 N–H and O–H groups in total. The van der Waals surface area contributed by atoms with Crippen molar-refractivity contribution in [3.8, 4) is 0 Å². The van der Waals surface area contributed by atoms with Gasteiger partial charge in [-0.25, -0.2) is 4.79 Å². The molecule has 3 aliphatic rings. The zero-order valence-electron chi connectivity index (χ0n) is 19.0. The maximum atomic E-state index is 12.6. The summed E-state index contributed by atoms with van der Waals surface area (Å²) in [4.78, 5) is 12.6. The number of hydrogen-bond donors (Lipinski definition) is 6. The fourth-order valence-corrected chi connectivity index (χ4v) is 4.92. The third-order valence-electron chi connectivity index (χ3n) is 6.77. The molecule has 0 aromatic heterocycles. The Bertz CT molecular complexity index is 950. The Hall–Kier alpha value is -2.35. The van der Waals surface area contributed by atoms with Crippen LogP contribution in [-0.2, 0) is 23.7 Å². The Morgan fingerprint density at radius 2 is 1.83 bits per heavy atom. The first kappa shape index (κ1) is 25.7. The molecule has 0 unspecified atom stereocenters. The van der Waals surface area contributed by atoms with Gasteiger partial charge in [0.1, 0.15) is 35.6 Å². The molecule has 10 atom stereocenters. The van der Waals surface area contributed by atoms with Crippen LogP contribution in [0.4, 0.5) is 0 Å². The first-order valence-corrected chi connectivity index (χ1v) is 11.2. The van der Waals surface area contributed by atoms with Gasteiger partial charge < -0.3 is 49.6 Å². The first-order valence-electron chi connectivity index (χ1n) is 11.2. The van der Waals surface area contributed by atoms with Crippen LogP contribution in [0.15, 0.2) is 48.7 Å². The van der Waals surface area contributed by atoms with E-state index in [4.69, 9.17) is 18.9 Å². The third kappa shape index (κ3) is 4.86. The monoisotopic (exact) mass is 494 g/mol. The number of rotatable bonds is 6. The molecule has 0 amide bonds. The van der Waals surface area contributed by atoms with E-state index in [1.165, 1.54) is 19.1 Å². The maximum Gasteiger partial charge on any atom is 0.331 e. The standard InChI is InChI=1S/C24H30O11/c1-23(35-16(27)8-7-13-5-3-2-4-6-13)11-15(26)24(31)9-10-32-22(20(23)24)34-21-19(30)18(29)17(28)14(12-25)33-21/h2-10,14-15,17-22,25-26,28-31H,11-12H2,1H3/t14-,15+,17-,18+,19-,20+,21+,22-,23-,24+/m1/s1. The lowest BCUT2D eigenvalue weighted by molar-refractivity contribution is -0.351. The number of ether oxygens (including phenoxy) is 4. The third-order valence-corrected chi connectivity index (χ3v) is 6.77. The molecule has 0 bridgehead atoms. The second kappa shape index (κ2) is 9.96. The van der Waals surface area contributed by atoms with E-state index in [1.54, 1.807) is 18.2 Å². The van der Waals surface area contributed by atoms with E-state index in [2.05, 4.69) is 0 Å². The summed E-state index contributed by atoms with van der Waals surface area (Å²) in [6.07, 6.45) is -5.57. The van der Waals surface area contributed by atoms with Gasteiger partial charge >= 0.3 is 5.97 Å². The fourth-order valence-electron chi connectivity index (χ4n) is 4.92. The van der Waals surface area contributed by atoms with Crippen molar-refractivity contribution in [3.05, 3.63) is 54.3 Å². The van der Waals surface area contributed by atoms with Crippen molar-refractivity contribution in [3.63, 3.8) is 0 Å². The molecule has 11 nitrogen and oxygen atoms in total. The molecule has 0 spiro atoms. The van der Waals surface area contributed by atoms with Crippen LogP contribution in [0.1, 0.15) is 18.9 Å². The lowest BCUT2D eigenvalue weighted by Gasteiger charge is -2.45. The molecular formula is C24H30O11. The van der Waals surface area contributed by atoms with Crippen molar-refractivity contribution < 1.29 is 54.4 Å². The van der Waals surface area contributed by atoms with Gasteiger partial charge in [-0.15, -0.1) is 0 Å². The predicted octanol–water partition coefficient (Wildman–Crippen LogP) is -1.20. The van der Waals surface area contributed by atoms with Gasteiger partial charge in [0.25, 0.3) is 0 Å². The largest absolute Gasteiger partial charge is 0.472 e. The Morgan fingerprint density at radius 1 is 1.11 bits per heavy atom. The van der Waals surface area contributed by atoms with Crippen LogP contribution in [-0.4, -0.2) is 97.5 Å². The number of aliphatic hydroxyl groups is 6. The van der Waals surface area contributed by atoms with Gasteiger partial charge in [0.05, 0.1) is 24.9 Å². The summed E-state index contributed by atoms with van der Waals surface area (Å²) in [5.74, 6) is -1.90. The molecule has 35 heavy (non-hydrogen) atoms. The molecule has 2 aliphatic heterocycles. The van der Waals surface area contributed by atoms with Crippen LogP contribution < -0.4 is 0 Å². The molecule has 2 fully saturated rings. The molecule has 1 aliphatic carbocycles. The predicted molar refractivity (Wildman–Crippen MR) is 118 cm³/mol. The SMILES string of the molecule is C[C@@]1(OC(=O)C=Cc2ccccc2)C[C@H](O)[C@@]2(O)C=CO[C@H](O[C@@H]3O[C@H](CO)[C@@H](O)[C@H](O)[C@H]3O)[C@H]21. The topological polar surface area (TPSA) is 175 Å². The van der Waals surface area contributed by atoms with E-state index in [0.717, 1.165) is 11.8 Å². The molecular weight excluding hydrogens is 464 g/mol. The lowest BCUT2D eigenvalue weighted by atomic mass is 9.81. The van der Waals surface area contributed by atoms with Gasteiger partial charge in [0.15, 0.2) is 6.29 Å². The van der Waals surface area contributed by atoms with E-state index >= 15 is 0 Å². The highest BCUT2D eigenvalue weighted by Gasteiger charge is 2.66. The van der Waals surface area contributed by atoms with Gasteiger partial charge in [-0.2, -0.15) is 0 Å². The second-order valence-electron chi connectivity index (χ2n) is 9.20. The molecule has 4 rings (SSSR count). The Morgan fingerprint density at radius 3 is 2.51 bits per heavy atom. The van der Waals surface area contributed by atoms with Gasteiger partial charge in [-0.1, -0.05) is 30.3 Å². The number of fused-ring (bicyclic) bond motifs is 1. The maximum absolute atomic E-state index is 12.6. The number of hydrogen-bond acceptors (Lipinski definition) is 11. The quantitative estimate of drug-likeness (QED) is 0.207. The molecule has 2 heterocycles. The fraction of sp³-hybridized carbons (Fsp3) is 0.542. The minimum absolute atomic E-state index is 0.151. The molecule has 0 radical (unpaired) electrons. The Balaban J connectivity index is 1.55. The van der Waals surface area contributed by atoms with Crippen molar-refractivity contribution in [2.45, 2.75) is 67.6 Å². The van der Waals surface area contributed by atoms with Gasteiger partial charge in [-0.05, 0) is 24.6 Å². The van der Waals surface area contributed by atoms with Crippen LogP contribution >= 0.6 is 0 Å². The Labute approximate surface area is 201 Å². The molecule has 1 saturated heterocycles. The van der Waals surface area contributed by atoms with Crippen LogP contribution in [0.2, 0.25) is 0 Å². The minimum Gasteiger partial charge on any atom is -0.472 e. The summed E-state index contributed by atoms with van der Waals surface area (Å²) < 4.78 is 22.3. The summed E-state index contributed by atoms with van der Waals surface area (Å²) in [6, 6.07) is 9.06. The number of benzene rings is 1. The van der Waals surface area contributed by atoms with Crippen molar-refractivity contribution in [1.82, 2.24) is 0 Å². The van der Waals surface area contributed by atoms with Crippen molar-refractivity contribution in [2.24, 2.45) is 5.92 Å². The van der Waals surface area contributed by atoms with Gasteiger partial charge in [0.2, 0.25) is 6.29 Å². The first-order chi connectivity index (χ1) is 16.6. The highest BCUT2D eigenvalue weighted by Crippen LogP contribution is 2.51. The molecule has 192 valence electrons. The molecule has 1 saturated carbocycles. The second-order valence-corrected chi connectivity index (χ2v) is 9.20. The molecule has 11 heteroatoms. The summed E-state index contributed by atoms with van der Waals surface area (Å²) >= 11 is 0. The number of esters is 1. The smallest absolute Gasteiger partial charge is 0.331 e. The summed E-state index contributed by atoms with van der Waals surface area (Å²) in [5.41, 5.74) is -2.62. The lowest BCUT2D eigenvalue weighted by Crippen LogP contribution is -2.62. The molecule has 1 aromatic carbocycles. The van der Waals surface area contributed by atoms with E-state index in [-0.39, 0.29) is 6.42 Å². The summed E-state index contributed by atoms with van der Waals surface area (Å²) in [7, 11) is 0. The van der Waals surface area contributed by atoms with Gasteiger partial charge in [-0.3, -0.25) is 0 Å². The number of aliphatic hydroxyl groups excluding tert-OH is 5. The normalized spacial score (nSPS) is 43.1. The minimum atomic E-state index is -1.91. The average molecular weight is 494 g/mol. The van der Waals surface area contributed by atoms with E-state index in [0.29, 0.717) is 0 Å². The van der Waals surface area contributed by atoms with Gasteiger partial charge in [0, 0.05) is 12.5 Å². The van der Waals surface area contributed by atoms with Crippen LogP contribution in [0, 0.1) is 5.92 Å². The average Bonchev–Trinajstić information content (AvgIpc) is 3.03. The van der Waals surface area contributed by atoms with Crippen molar-refractivity contribution in [1.29, 1.82) is 0 Å². The van der Waals surface area contributed by atoms with E-state index in [9.17, 15) is 35.4 Å². The summed E-state index contributed by atoms with van der Waals surface area (Å²) in [6.45, 7) is 0.852. The van der Waals surface area contributed by atoms with Crippen LogP contribution in [0.3, 0.4) is 0 Å². The highest BCUT2D eigenvalue weighted by molar-refractivity contribution is 5.87. The zero-order valence-corrected chi connectivity index (χ0v) is 19.0. The zero-order chi connectivity index (χ0) is 25.4. The van der Waals surface area contributed by atoms with Crippen molar-refractivity contribution in [2.75, 3.05) is 6.61 Å². The number of carbonyl (C=O) groups excluding carboxylic acids is 1. The highest BCUT2D eigenvalue weighted by atomic mass is 16.8. The number of carbonyl (C=O) groups is 1. The summed E-state index contributed by atoms with van der Waals surface area (Å²) in [5, 5.41) is 61.7. The van der Waals surface area contributed by atoms with E-state index in [1.807, 2.05) is 18.2 Å².